The Morgan fingerprint density at radius 1 is 1.32 bits per heavy atom. The standard InChI is InChI=1S/C14H14N2O3/c1-16(10-5-4-8-15-9-10)14(18)11-6-3-7-12(19-2)13(11)17/h3-9,17H,1-2H3. The van der Waals surface area contributed by atoms with Crippen LogP contribution in [0.5, 0.6) is 11.5 Å². The summed E-state index contributed by atoms with van der Waals surface area (Å²) >= 11 is 0. The first-order valence-corrected chi connectivity index (χ1v) is 5.69. The number of aromatic nitrogens is 1. The molecule has 1 aromatic carbocycles. The number of anilines is 1. The maximum Gasteiger partial charge on any atom is 0.261 e. The molecule has 0 saturated carbocycles. The Bertz CT molecular complexity index is 584. The van der Waals surface area contributed by atoms with Gasteiger partial charge in [0.25, 0.3) is 5.91 Å². The highest BCUT2D eigenvalue weighted by Crippen LogP contribution is 2.30. The Kier molecular flexibility index (Phi) is 3.66. The monoisotopic (exact) mass is 258 g/mol. The molecular weight excluding hydrogens is 244 g/mol. The lowest BCUT2D eigenvalue weighted by molar-refractivity contribution is 0.0989. The van der Waals surface area contributed by atoms with Crippen molar-refractivity contribution < 1.29 is 14.6 Å². The van der Waals surface area contributed by atoms with Crippen LogP contribution in [0.1, 0.15) is 10.4 Å². The zero-order chi connectivity index (χ0) is 13.8. The molecule has 0 aliphatic carbocycles. The summed E-state index contributed by atoms with van der Waals surface area (Å²) in [7, 11) is 3.06. The molecule has 5 heteroatoms. The van der Waals surface area contributed by atoms with Gasteiger partial charge < -0.3 is 14.7 Å². The Hall–Kier alpha value is -2.56. The molecule has 0 atom stereocenters. The zero-order valence-corrected chi connectivity index (χ0v) is 10.7. The number of benzene rings is 1. The summed E-state index contributed by atoms with van der Waals surface area (Å²) in [6.45, 7) is 0. The number of ether oxygens (including phenoxy) is 1. The van der Waals surface area contributed by atoms with Gasteiger partial charge in [-0.2, -0.15) is 0 Å². The molecule has 0 saturated heterocycles. The van der Waals surface area contributed by atoms with E-state index >= 15 is 0 Å². The molecule has 0 radical (unpaired) electrons. The predicted molar refractivity (Wildman–Crippen MR) is 71.6 cm³/mol. The van der Waals surface area contributed by atoms with Crippen LogP contribution in [0.25, 0.3) is 0 Å². The van der Waals surface area contributed by atoms with Gasteiger partial charge in [-0.1, -0.05) is 6.07 Å². The first-order chi connectivity index (χ1) is 9.15. The van der Waals surface area contributed by atoms with Crippen LogP contribution in [0, 0.1) is 0 Å². The maximum atomic E-state index is 12.3. The molecule has 1 heterocycles. The van der Waals surface area contributed by atoms with Gasteiger partial charge in [-0.25, -0.2) is 0 Å². The van der Waals surface area contributed by atoms with Crippen LogP contribution >= 0.6 is 0 Å². The molecule has 5 nitrogen and oxygen atoms in total. The number of phenolic OH excluding ortho intramolecular Hbond substituents is 1. The summed E-state index contributed by atoms with van der Waals surface area (Å²) in [6, 6.07) is 8.30. The lowest BCUT2D eigenvalue weighted by Gasteiger charge is -2.18. The van der Waals surface area contributed by atoms with Crippen LogP contribution in [-0.4, -0.2) is 30.2 Å². The molecule has 0 aliphatic heterocycles. The fourth-order valence-electron chi connectivity index (χ4n) is 1.71. The third-order valence-electron chi connectivity index (χ3n) is 2.79. The van der Waals surface area contributed by atoms with Crippen molar-refractivity contribution in [3.8, 4) is 11.5 Å². The number of nitrogens with zero attached hydrogens (tertiary/aromatic N) is 2. The van der Waals surface area contributed by atoms with E-state index in [1.165, 1.54) is 12.0 Å². The van der Waals surface area contributed by atoms with Crippen molar-refractivity contribution in [2.75, 3.05) is 19.1 Å². The number of aromatic hydroxyl groups is 1. The predicted octanol–water partition coefficient (Wildman–Crippen LogP) is 2.07. The smallest absolute Gasteiger partial charge is 0.261 e. The lowest BCUT2D eigenvalue weighted by Crippen LogP contribution is -2.26. The summed E-state index contributed by atoms with van der Waals surface area (Å²) < 4.78 is 4.99. The minimum Gasteiger partial charge on any atom is -0.504 e. The number of para-hydroxylation sites is 1. The van der Waals surface area contributed by atoms with Gasteiger partial charge in [0.05, 0.1) is 24.6 Å². The lowest BCUT2D eigenvalue weighted by atomic mass is 10.1. The number of hydrogen-bond donors (Lipinski definition) is 1. The van der Waals surface area contributed by atoms with Crippen LogP contribution < -0.4 is 9.64 Å². The van der Waals surface area contributed by atoms with Gasteiger partial charge in [-0.05, 0) is 24.3 Å². The molecule has 98 valence electrons. The Labute approximate surface area is 111 Å². The fourth-order valence-corrected chi connectivity index (χ4v) is 1.71. The van der Waals surface area contributed by atoms with Crippen molar-refractivity contribution in [3.63, 3.8) is 0 Å². The van der Waals surface area contributed by atoms with E-state index in [-0.39, 0.29) is 23.0 Å². The molecule has 0 aliphatic rings. The van der Waals surface area contributed by atoms with Crippen LogP contribution in [0.15, 0.2) is 42.7 Å². The summed E-state index contributed by atoms with van der Waals surface area (Å²) in [5.41, 5.74) is 0.834. The molecule has 2 rings (SSSR count). The van der Waals surface area contributed by atoms with Crippen molar-refractivity contribution in [2.45, 2.75) is 0 Å². The van der Waals surface area contributed by atoms with E-state index in [4.69, 9.17) is 4.74 Å². The topological polar surface area (TPSA) is 62.7 Å². The molecule has 1 N–H and O–H groups in total. The largest absolute Gasteiger partial charge is 0.504 e. The van der Waals surface area contributed by atoms with Gasteiger partial charge >= 0.3 is 0 Å². The van der Waals surface area contributed by atoms with E-state index in [1.807, 2.05) is 0 Å². The second-order valence-corrected chi connectivity index (χ2v) is 3.93. The van der Waals surface area contributed by atoms with Crippen LogP contribution in [-0.2, 0) is 0 Å². The number of amides is 1. The van der Waals surface area contributed by atoms with Crippen LogP contribution in [0.2, 0.25) is 0 Å². The van der Waals surface area contributed by atoms with Gasteiger partial charge in [0.2, 0.25) is 0 Å². The fraction of sp³-hybridized carbons (Fsp3) is 0.143. The summed E-state index contributed by atoms with van der Waals surface area (Å²) in [6.07, 6.45) is 3.21. The Morgan fingerprint density at radius 3 is 2.74 bits per heavy atom. The molecule has 2 aromatic rings. The second-order valence-electron chi connectivity index (χ2n) is 3.93. The molecule has 1 aromatic heterocycles. The van der Waals surface area contributed by atoms with Crippen molar-refractivity contribution in [1.82, 2.24) is 4.98 Å². The molecule has 0 bridgehead atoms. The number of carbonyl (C=O) groups is 1. The van der Waals surface area contributed by atoms with E-state index in [2.05, 4.69) is 4.98 Å². The highest BCUT2D eigenvalue weighted by atomic mass is 16.5. The van der Waals surface area contributed by atoms with E-state index < -0.39 is 0 Å². The number of pyridine rings is 1. The number of rotatable bonds is 3. The third-order valence-corrected chi connectivity index (χ3v) is 2.79. The molecular formula is C14H14N2O3. The first-order valence-electron chi connectivity index (χ1n) is 5.69. The van der Waals surface area contributed by atoms with Gasteiger partial charge in [-0.15, -0.1) is 0 Å². The Morgan fingerprint density at radius 2 is 2.11 bits per heavy atom. The van der Waals surface area contributed by atoms with E-state index in [0.29, 0.717) is 5.69 Å². The molecule has 1 amide bonds. The van der Waals surface area contributed by atoms with Crippen LogP contribution in [0.3, 0.4) is 0 Å². The van der Waals surface area contributed by atoms with Gasteiger partial charge in [0, 0.05) is 13.2 Å². The van der Waals surface area contributed by atoms with E-state index in [9.17, 15) is 9.90 Å². The van der Waals surface area contributed by atoms with Crippen LogP contribution in [0.4, 0.5) is 5.69 Å². The zero-order valence-electron chi connectivity index (χ0n) is 10.7. The van der Waals surface area contributed by atoms with E-state index in [0.717, 1.165) is 0 Å². The average Bonchev–Trinajstić information content (AvgIpc) is 2.47. The van der Waals surface area contributed by atoms with Gasteiger partial charge in [0.15, 0.2) is 11.5 Å². The van der Waals surface area contributed by atoms with Crippen molar-refractivity contribution >= 4 is 11.6 Å². The molecule has 0 unspecified atom stereocenters. The minimum atomic E-state index is -0.329. The number of carbonyl (C=O) groups excluding carboxylic acids is 1. The number of phenols is 1. The number of hydrogen-bond acceptors (Lipinski definition) is 4. The van der Waals surface area contributed by atoms with Crippen molar-refractivity contribution in [2.24, 2.45) is 0 Å². The van der Waals surface area contributed by atoms with Gasteiger partial charge in [0.1, 0.15) is 0 Å². The van der Waals surface area contributed by atoms with Crippen molar-refractivity contribution in [3.05, 3.63) is 48.3 Å². The number of methoxy groups -OCH3 is 1. The van der Waals surface area contributed by atoms with Gasteiger partial charge in [-0.3, -0.25) is 9.78 Å². The summed E-state index contributed by atoms with van der Waals surface area (Å²) in [5.74, 6) is -0.222. The molecule has 0 spiro atoms. The highest BCUT2D eigenvalue weighted by molar-refractivity contribution is 6.07. The Balaban J connectivity index is 2.35. The SMILES string of the molecule is COc1cccc(C(=O)N(C)c2cccnc2)c1O. The third kappa shape index (κ3) is 2.49. The normalized spacial score (nSPS) is 10.0. The van der Waals surface area contributed by atoms with Crippen molar-refractivity contribution in [1.29, 1.82) is 0 Å². The van der Waals surface area contributed by atoms with E-state index in [1.54, 1.807) is 49.8 Å². The summed E-state index contributed by atoms with van der Waals surface area (Å²) in [5, 5.41) is 9.97. The molecule has 0 fully saturated rings. The molecule has 19 heavy (non-hydrogen) atoms. The quantitative estimate of drug-likeness (QED) is 0.915. The summed E-state index contributed by atoms with van der Waals surface area (Å²) in [4.78, 5) is 17.7. The minimum absolute atomic E-state index is 0.161. The maximum absolute atomic E-state index is 12.3. The highest BCUT2D eigenvalue weighted by Gasteiger charge is 2.19. The first kappa shape index (κ1) is 12.9. The second kappa shape index (κ2) is 5.39. The average molecular weight is 258 g/mol.